The smallest absolute Gasteiger partial charge is 0.237 e. The number of ether oxygens (including phenoxy) is 2. The van der Waals surface area contributed by atoms with Crippen LogP contribution in [0.15, 0.2) is 0 Å². The van der Waals surface area contributed by atoms with Gasteiger partial charge in [-0.15, -0.1) is 0 Å². The van der Waals surface area contributed by atoms with Gasteiger partial charge in [0, 0.05) is 19.7 Å². The van der Waals surface area contributed by atoms with Crippen LogP contribution in [-0.4, -0.2) is 73.3 Å². The Hall–Kier alpha value is -0.650. The van der Waals surface area contributed by atoms with E-state index < -0.39 is 0 Å². The zero-order valence-corrected chi connectivity index (χ0v) is 13.8. The van der Waals surface area contributed by atoms with Gasteiger partial charge in [-0.2, -0.15) is 0 Å². The maximum absolute atomic E-state index is 12.8. The molecule has 126 valence electrons. The molecule has 1 aliphatic carbocycles. The molecule has 22 heavy (non-hydrogen) atoms. The average molecular weight is 310 g/mol. The molecule has 1 amide bonds. The summed E-state index contributed by atoms with van der Waals surface area (Å²) in [6.45, 7) is 6.79. The number of likely N-dealkylation sites (N-methyl/N-ethyl adjacent to an activating group) is 1. The van der Waals surface area contributed by atoms with Crippen molar-refractivity contribution >= 4 is 5.91 Å². The standard InChI is InChI=1S/C17H30N2O3/c1-2-18(12-14-6-5-10-21-14)13-17(20)19-9-11-22-16-8-4-3-7-15(16)19/h14-16H,2-13H2,1H3/t14-,15-,16+/m0/s1. The molecule has 2 heterocycles. The Bertz CT molecular complexity index is 369. The van der Waals surface area contributed by atoms with Crippen molar-refractivity contribution in [3.05, 3.63) is 0 Å². The molecule has 2 saturated heterocycles. The number of fused-ring (bicyclic) bond motifs is 1. The number of hydrogen-bond donors (Lipinski definition) is 0. The highest BCUT2D eigenvalue weighted by atomic mass is 16.5. The van der Waals surface area contributed by atoms with Gasteiger partial charge in [-0.3, -0.25) is 9.69 Å². The molecular weight excluding hydrogens is 280 g/mol. The Kier molecular flexibility index (Phi) is 5.71. The monoisotopic (exact) mass is 310 g/mol. The largest absolute Gasteiger partial charge is 0.377 e. The number of amides is 1. The van der Waals surface area contributed by atoms with Gasteiger partial charge in [0.05, 0.1) is 31.4 Å². The SMILES string of the molecule is CCN(CC(=O)N1CCO[C@@H]2CCCC[C@@H]21)C[C@@H]1CCCO1. The molecule has 5 heteroatoms. The lowest BCUT2D eigenvalue weighted by Gasteiger charge is -2.44. The highest BCUT2D eigenvalue weighted by Crippen LogP contribution is 2.28. The van der Waals surface area contributed by atoms with Crippen molar-refractivity contribution in [2.45, 2.75) is 63.7 Å². The van der Waals surface area contributed by atoms with Crippen molar-refractivity contribution < 1.29 is 14.3 Å². The summed E-state index contributed by atoms with van der Waals surface area (Å²) in [4.78, 5) is 17.1. The van der Waals surface area contributed by atoms with Crippen LogP contribution in [0.5, 0.6) is 0 Å². The summed E-state index contributed by atoms with van der Waals surface area (Å²) in [5.41, 5.74) is 0. The number of morpholine rings is 1. The third-order valence-corrected chi connectivity index (χ3v) is 5.34. The van der Waals surface area contributed by atoms with E-state index >= 15 is 0 Å². The molecular formula is C17H30N2O3. The Morgan fingerprint density at radius 1 is 1.14 bits per heavy atom. The van der Waals surface area contributed by atoms with E-state index in [4.69, 9.17) is 9.47 Å². The normalized spacial score (nSPS) is 32.3. The summed E-state index contributed by atoms with van der Waals surface area (Å²) < 4.78 is 11.6. The second-order valence-corrected chi connectivity index (χ2v) is 6.81. The molecule has 0 N–H and O–H groups in total. The van der Waals surface area contributed by atoms with Gasteiger partial charge in [0.1, 0.15) is 0 Å². The fourth-order valence-electron chi connectivity index (χ4n) is 4.07. The molecule has 0 spiro atoms. The molecule has 3 fully saturated rings. The minimum absolute atomic E-state index is 0.277. The van der Waals surface area contributed by atoms with E-state index in [1.807, 2.05) is 0 Å². The van der Waals surface area contributed by atoms with Crippen LogP contribution >= 0.6 is 0 Å². The van der Waals surface area contributed by atoms with Crippen LogP contribution in [0.2, 0.25) is 0 Å². The maximum Gasteiger partial charge on any atom is 0.237 e. The second kappa shape index (κ2) is 7.75. The maximum atomic E-state index is 12.8. The molecule has 0 unspecified atom stereocenters. The Morgan fingerprint density at radius 3 is 2.77 bits per heavy atom. The summed E-state index contributed by atoms with van der Waals surface area (Å²) in [5, 5.41) is 0. The van der Waals surface area contributed by atoms with Gasteiger partial charge in [0.2, 0.25) is 5.91 Å². The van der Waals surface area contributed by atoms with Gasteiger partial charge < -0.3 is 14.4 Å². The molecule has 0 bridgehead atoms. The van der Waals surface area contributed by atoms with E-state index in [0.29, 0.717) is 25.3 Å². The van der Waals surface area contributed by atoms with Crippen molar-refractivity contribution in [1.29, 1.82) is 0 Å². The molecule has 3 rings (SSSR count). The van der Waals surface area contributed by atoms with Crippen molar-refractivity contribution in [2.75, 3.05) is 39.4 Å². The quantitative estimate of drug-likeness (QED) is 0.774. The van der Waals surface area contributed by atoms with E-state index in [9.17, 15) is 4.79 Å². The number of carbonyl (C=O) groups excluding carboxylic acids is 1. The van der Waals surface area contributed by atoms with E-state index in [1.54, 1.807) is 0 Å². The van der Waals surface area contributed by atoms with Gasteiger partial charge in [-0.1, -0.05) is 19.8 Å². The first-order valence-corrected chi connectivity index (χ1v) is 9.03. The minimum Gasteiger partial charge on any atom is -0.377 e. The molecule has 3 aliphatic rings. The zero-order valence-electron chi connectivity index (χ0n) is 13.8. The van der Waals surface area contributed by atoms with Crippen molar-refractivity contribution in [1.82, 2.24) is 9.80 Å². The third-order valence-electron chi connectivity index (χ3n) is 5.34. The Labute approximate surface area is 133 Å². The van der Waals surface area contributed by atoms with Gasteiger partial charge in [0.15, 0.2) is 0 Å². The summed E-state index contributed by atoms with van der Waals surface area (Å²) in [6, 6.07) is 0.316. The number of carbonyl (C=O) groups is 1. The summed E-state index contributed by atoms with van der Waals surface area (Å²) in [7, 11) is 0. The molecule has 0 aromatic heterocycles. The van der Waals surface area contributed by atoms with Crippen LogP contribution in [0.4, 0.5) is 0 Å². The van der Waals surface area contributed by atoms with Crippen LogP contribution in [0, 0.1) is 0 Å². The lowest BCUT2D eigenvalue weighted by Crippen LogP contribution is -2.57. The van der Waals surface area contributed by atoms with Crippen molar-refractivity contribution in [2.24, 2.45) is 0 Å². The van der Waals surface area contributed by atoms with Crippen LogP contribution in [-0.2, 0) is 14.3 Å². The molecule has 5 nitrogen and oxygen atoms in total. The fourth-order valence-corrected chi connectivity index (χ4v) is 4.07. The van der Waals surface area contributed by atoms with E-state index in [0.717, 1.165) is 51.9 Å². The zero-order chi connectivity index (χ0) is 15.4. The highest BCUT2D eigenvalue weighted by Gasteiger charge is 2.37. The molecule has 0 aromatic rings. The molecule has 0 radical (unpaired) electrons. The Balaban J connectivity index is 1.54. The Morgan fingerprint density at radius 2 is 2.00 bits per heavy atom. The highest BCUT2D eigenvalue weighted by molar-refractivity contribution is 5.78. The van der Waals surface area contributed by atoms with Crippen LogP contribution < -0.4 is 0 Å². The average Bonchev–Trinajstić information content (AvgIpc) is 3.06. The van der Waals surface area contributed by atoms with Crippen LogP contribution in [0.3, 0.4) is 0 Å². The first-order valence-electron chi connectivity index (χ1n) is 9.03. The number of rotatable bonds is 5. The number of nitrogens with zero attached hydrogens (tertiary/aromatic N) is 2. The summed E-state index contributed by atoms with van der Waals surface area (Å²) in [6.07, 6.45) is 7.57. The molecule has 3 atom stereocenters. The van der Waals surface area contributed by atoms with Gasteiger partial charge in [-0.05, 0) is 32.2 Å². The molecule has 0 aromatic carbocycles. The predicted octanol–water partition coefficient (Wildman–Crippen LogP) is 1.66. The van der Waals surface area contributed by atoms with E-state index in [-0.39, 0.29) is 12.0 Å². The fraction of sp³-hybridized carbons (Fsp3) is 0.941. The topological polar surface area (TPSA) is 42.0 Å². The van der Waals surface area contributed by atoms with Crippen molar-refractivity contribution in [3.8, 4) is 0 Å². The first-order chi connectivity index (χ1) is 10.8. The lowest BCUT2D eigenvalue weighted by molar-refractivity contribution is -0.150. The molecule has 2 aliphatic heterocycles. The first kappa shape index (κ1) is 16.2. The number of hydrogen-bond acceptors (Lipinski definition) is 4. The van der Waals surface area contributed by atoms with E-state index in [2.05, 4.69) is 16.7 Å². The van der Waals surface area contributed by atoms with Crippen LogP contribution in [0.25, 0.3) is 0 Å². The minimum atomic E-state index is 0.277. The van der Waals surface area contributed by atoms with E-state index in [1.165, 1.54) is 12.8 Å². The molecule has 1 saturated carbocycles. The second-order valence-electron chi connectivity index (χ2n) is 6.81. The van der Waals surface area contributed by atoms with Gasteiger partial charge >= 0.3 is 0 Å². The summed E-state index contributed by atoms with van der Waals surface area (Å²) >= 11 is 0. The lowest BCUT2D eigenvalue weighted by atomic mass is 9.90. The van der Waals surface area contributed by atoms with Crippen LogP contribution in [0.1, 0.15) is 45.4 Å². The third kappa shape index (κ3) is 3.81. The van der Waals surface area contributed by atoms with Gasteiger partial charge in [-0.25, -0.2) is 0 Å². The predicted molar refractivity (Wildman–Crippen MR) is 84.8 cm³/mol. The van der Waals surface area contributed by atoms with Crippen molar-refractivity contribution in [3.63, 3.8) is 0 Å². The summed E-state index contributed by atoms with van der Waals surface area (Å²) in [5.74, 6) is 0.278. The van der Waals surface area contributed by atoms with Gasteiger partial charge in [0.25, 0.3) is 0 Å².